The lowest BCUT2D eigenvalue weighted by molar-refractivity contribution is -0.159. The zero-order valence-electron chi connectivity index (χ0n) is 12.8. The van der Waals surface area contributed by atoms with Gasteiger partial charge in [-0.05, 0) is 19.2 Å². The highest BCUT2D eigenvalue weighted by Gasteiger charge is 2.46. The van der Waals surface area contributed by atoms with Crippen LogP contribution in [0.25, 0.3) is 0 Å². The Morgan fingerprint density at radius 3 is 2.77 bits per heavy atom. The number of ether oxygens (including phenoxy) is 2. The van der Waals surface area contributed by atoms with Gasteiger partial charge < -0.3 is 19.3 Å². The number of hydrogen-bond acceptors (Lipinski definition) is 4. The van der Waals surface area contributed by atoms with Gasteiger partial charge in [0.25, 0.3) is 5.91 Å². The van der Waals surface area contributed by atoms with Gasteiger partial charge >= 0.3 is 0 Å². The molecule has 0 atom stereocenters. The molecule has 2 aliphatic heterocycles. The molecule has 2 fully saturated rings. The van der Waals surface area contributed by atoms with Crippen molar-refractivity contribution in [3.8, 4) is 5.75 Å². The molecule has 0 N–H and O–H groups in total. The maximum Gasteiger partial charge on any atom is 0.262 e. The van der Waals surface area contributed by atoms with E-state index in [4.69, 9.17) is 21.1 Å². The van der Waals surface area contributed by atoms with Crippen molar-refractivity contribution in [2.75, 3.05) is 39.9 Å². The standard InChI is InChI=1S/C16H21ClN2O3/c1-18-8-6-16(7-9-18)19(10-11-22-16)15(20)12-21-14-5-3-2-4-13(14)17/h2-5H,6-12H2,1H3. The summed E-state index contributed by atoms with van der Waals surface area (Å²) >= 11 is 6.05. The first kappa shape index (κ1) is 15.6. The average Bonchev–Trinajstić information content (AvgIpc) is 2.93. The summed E-state index contributed by atoms with van der Waals surface area (Å²) in [6.45, 7) is 3.10. The molecule has 1 aromatic rings. The minimum absolute atomic E-state index is 0.00924. The highest BCUT2D eigenvalue weighted by molar-refractivity contribution is 6.32. The number of carbonyl (C=O) groups is 1. The smallest absolute Gasteiger partial charge is 0.262 e. The van der Waals surface area contributed by atoms with Crippen molar-refractivity contribution in [1.82, 2.24) is 9.80 Å². The van der Waals surface area contributed by atoms with Crippen LogP contribution in [-0.2, 0) is 9.53 Å². The average molecular weight is 325 g/mol. The topological polar surface area (TPSA) is 42.0 Å². The molecule has 2 heterocycles. The van der Waals surface area contributed by atoms with Crippen LogP contribution >= 0.6 is 11.6 Å². The summed E-state index contributed by atoms with van der Waals surface area (Å²) in [5.41, 5.74) is -0.437. The maximum atomic E-state index is 12.5. The molecule has 0 radical (unpaired) electrons. The van der Waals surface area contributed by atoms with Crippen molar-refractivity contribution in [3.63, 3.8) is 0 Å². The van der Waals surface area contributed by atoms with E-state index in [0.29, 0.717) is 23.9 Å². The van der Waals surface area contributed by atoms with E-state index < -0.39 is 5.72 Å². The summed E-state index contributed by atoms with van der Waals surface area (Å²) in [6.07, 6.45) is 1.70. The number of likely N-dealkylation sites (tertiary alicyclic amines) is 1. The first-order valence-electron chi connectivity index (χ1n) is 7.61. The zero-order chi connectivity index (χ0) is 15.6. The number of amides is 1. The van der Waals surface area contributed by atoms with Crippen LogP contribution in [0.15, 0.2) is 24.3 Å². The van der Waals surface area contributed by atoms with Crippen LogP contribution in [0.2, 0.25) is 5.02 Å². The van der Waals surface area contributed by atoms with Gasteiger partial charge in [-0.15, -0.1) is 0 Å². The Morgan fingerprint density at radius 2 is 2.05 bits per heavy atom. The van der Waals surface area contributed by atoms with E-state index in [9.17, 15) is 4.79 Å². The number of rotatable bonds is 3. The normalized spacial score (nSPS) is 21.3. The van der Waals surface area contributed by atoms with Gasteiger partial charge in [0.2, 0.25) is 0 Å². The molecule has 0 bridgehead atoms. The minimum Gasteiger partial charge on any atom is -0.482 e. The Morgan fingerprint density at radius 1 is 1.32 bits per heavy atom. The van der Waals surface area contributed by atoms with Gasteiger partial charge in [-0.25, -0.2) is 0 Å². The monoisotopic (exact) mass is 324 g/mol. The van der Waals surface area contributed by atoms with E-state index in [-0.39, 0.29) is 12.5 Å². The molecule has 2 aliphatic rings. The molecule has 3 rings (SSSR count). The Balaban J connectivity index is 1.63. The molecule has 0 aliphatic carbocycles. The van der Waals surface area contributed by atoms with Crippen LogP contribution in [0.4, 0.5) is 0 Å². The second-order valence-corrected chi connectivity index (χ2v) is 6.27. The fourth-order valence-electron chi connectivity index (χ4n) is 3.12. The molecule has 1 spiro atoms. The summed E-state index contributed by atoms with van der Waals surface area (Å²) in [4.78, 5) is 16.7. The number of hydrogen-bond donors (Lipinski definition) is 0. The van der Waals surface area contributed by atoms with E-state index in [2.05, 4.69) is 11.9 Å². The van der Waals surface area contributed by atoms with Crippen molar-refractivity contribution >= 4 is 17.5 Å². The summed E-state index contributed by atoms with van der Waals surface area (Å²) in [5.74, 6) is 0.497. The number of para-hydroxylation sites is 1. The van der Waals surface area contributed by atoms with Crippen LogP contribution in [0.3, 0.4) is 0 Å². The van der Waals surface area contributed by atoms with Crippen LogP contribution in [0, 0.1) is 0 Å². The van der Waals surface area contributed by atoms with Crippen molar-refractivity contribution in [2.24, 2.45) is 0 Å². The Hall–Kier alpha value is -1.30. The lowest BCUT2D eigenvalue weighted by Crippen LogP contribution is -2.55. The van der Waals surface area contributed by atoms with Gasteiger partial charge in [0.05, 0.1) is 11.6 Å². The van der Waals surface area contributed by atoms with Crippen molar-refractivity contribution < 1.29 is 14.3 Å². The summed E-state index contributed by atoms with van der Waals surface area (Å²) in [7, 11) is 2.09. The molecule has 6 heteroatoms. The molecule has 2 saturated heterocycles. The molecule has 120 valence electrons. The van der Waals surface area contributed by atoms with Gasteiger partial charge in [0, 0.05) is 32.5 Å². The maximum absolute atomic E-state index is 12.5. The van der Waals surface area contributed by atoms with Gasteiger partial charge in [0.15, 0.2) is 6.61 Å². The number of piperidine rings is 1. The second kappa shape index (κ2) is 6.44. The van der Waals surface area contributed by atoms with Gasteiger partial charge in [0.1, 0.15) is 11.5 Å². The quantitative estimate of drug-likeness (QED) is 0.853. The fourth-order valence-corrected chi connectivity index (χ4v) is 3.31. The molecule has 1 amide bonds. The molecule has 0 aromatic heterocycles. The number of halogens is 1. The number of carbonyl (C=O) groups excluding carboxylic acids is 1. The molecular weight excluding hydrogens is 304 g/mol. The minimum atomic E-state index is -0.437. The van der Waals surface area contributed by atoms with Gasteiger partial charge in [-0.1, -0.05) is 23.7 Å². The molecular formula is C16H21ClN2O3. The van der Waals surface area contributed by atoms with E-state index in [1.54, 1.807) is 12.1 Å². The van der Waals surface area contributed by atoms with E-state index in [0.717, 1.165) is 25.9 Å². The third kappa shape index (κ3) is 3.07. The second-order valence-electron chi connectivity index (χ2n) is 5.86. The van der Waals surface area contributed by atoms with E-state index in [1.165, 1.54) is 0 Å². The predicted octanol–water partition coefficient (Wildman–Crippen LogP) is 2.00. The Labute approximate surface area is 135 Å². The molecule has 0 saturated carbocycles. The molecule has 0 unspecified atom stereocenters. The fraction of sp³-hybridized carbons (Fsp3) is 0.562. The Bertz CT molecular complexity index is 544. The summed E-state index contributed by atoms with van der Waals surface area (Å²) in [5, 5.41) is 0.516. The van der Waals surface area contributed by atoms with Crippen LogP contribution in [-0.4, -0.2) is 61.3 Å². The van der Waals surface area contributed by atoms with Crippen LogP contribution in [0.5, 0.6) is 5.75 Å². The predicted molar refractivity (Wildman–Crippen MR) is 84.1 cm³/mol. The summed E-state index contributed by atoms with van der Waals surface area (Å²) < 4.78 is 11.5. The lowest BCUT2D eigenvalue weighted by Gasteiger charge is -2.42. The SMILES string of the molecule is CN1CCC2(CC1)OCCN2C(=O)COc1ccccc1Cl. The third-order valence-electron chi connectivity index (χ3n) is 4.43. The van der Waals surface area contributed by atoms with Crippen molar-refractivity contribution in [3.05, 3.63) is 29.3 Å². The van der Waals surface area contributed by atoms with E-state index in [1.807, 2.05) is 17.0 Å². The molecule has 22 heavy (non-hydrogen) atoms. The van der Waals surface area contributed by atoms with Crippen molar-refractivity contribution in [2.45, 2.75) is 18.6 Å². The zero-order valence-corrected chi connectivity index (χ0v) is 13.5. The lowest BCUT2D eigenvalue weighted by atomic mass is 9.99. The largest absolute Gasteiger partial charge is 0.482 e. The highest BCUT2D eigenvalue weighted by Crippen LogP contribution is 2.34. The van der Waals surface area contributed by atoms with Crippen molar-refractivity contribution in [1.29, 1.82) is 0 Å². The Kier molecular flexibility index (Phi) is 4.57. The molecule has 5 nitrogen and oxygen atoms in total. The van der Waals surface area contributed by atoms with E-state index >= 15 is 0 Å². The number of nitrogens with zero attached hydrogens (tertiary/aromatic N) is 2. The first-order valence-corrected chi connectivity index (χ1v) is 7.99. The number of benzene rings is 1. The summed E-state index contributed by atoms with van der Waals surface area (Å²) in [6, 6.07) is 7.18. The van der Waals surface area contributed by atoms with Crippen LogP contribution in [0.1, 0.15) is 12.8 Å². The van der Waals surface area contributed by atoms with Gasteiger partial charge in [-0.3, -0.25) is 4.79 Å². The van der Waals surface area contributed by atoms with Gasteiger partial charge in [-0.2, -0.15) is 0 Å². The first-order chi connectivity index (χ1) is 10.6. The highest BCUT2D eigenvalue weighted by atomic mass is 35.5. The molecule has 1 aromatic carbocycles. The van der Waals surface area contributed by atoms with Crippen LogP contribution < -0.4 is 4.74 Å². The third-order valence-corrected chi connectivity index (χ3v) is 4.75.